The van der Waals surface area contributed by atoms with Crippen LogP contribution in [0.2, 0.25) is 0 Å². The van der Waals surface area contributed by atoms with Crippen molar-refractivity contribution in [3.63, 3.8) is 0 Å². The highest BCUT2D eigenvalue weighted by molar-refractivity contribution is 5.75. The van der Waals surface area contributed by atoms with Gasteiger partial charge in [0.2, 0.25) is 5.91 Å². The number of aryl methyl sites for hydroxylation is 1. The van der Waals surface area contributed by atoms with Crippen molar-refractivity contribution in [3.05, 3.63) is 71.3 Å². The Labute approximate surface area is 187 Å². The molecule has 1 aromatic carbocycles. The summed E-state index contributed by atoms with van der Waals surface area (Å²) in [5, 5.41) is 21.0. The Kier molecular flexibility index (Phi) is 8.28. The summed E-state index contributed by atoms with van der Waals surface area (Å²) in [6.45, 7) is 2.06. The summed E-state index contributed by atoms with van der Waals surface area (Å²) in [7, 11) is 3.59. The molecule has 2 aliphatic rings. The first kappa shape index (κ1) is 23.5. The minimum absolute atomic E-state index is 0.0945. The molecule has 0 unspecified atom stereocenters. The molecule has 0 radical (unpaired) electrons. The number of hydrogen-bond acceptors (Lipinski definition) is 3. The van der Waals surface area contributed by atoms with Gasteiger partial charge in [0, 0.05) is 32.9 Å². The van der Waals surface area contributed by atoms with Gasteiger partial charge in [-0.15, -0.1) is 0 Å². The molecule has 0 aliphatic heterocycles. The summed E-state index contributed by atoms with van der Waals surface area (Å²) in [5.41, 5.74) is 3.66. The van der Waals surface area contributed by atoms with Gasteiger partial charge in [0.1, 0.15) is 0 Å². The molecule has 1 aromatic rings. The van der Waals surface area contributed by atoms with E-state index in [1.165, 1.54) is 11.1 Å². The van der Waals surface area contributed by atoms with Crippen molar-refractivity contribution in [1.82, 2.24) is 4.90 Å². The summed E-state index contributed by atoms with van der Waals surface area (Å²) in [5.74, 6) is 1.09. The standard InChI is InChI=1S/C27H37NO3/c1-19-8-7-10-20(14-19)16-23(29)12-13-24-25-17-21(15-22(25)18-26(24)30)9-5-4-6-11-27(31)28(2)3/h5,7-10,12-15,22-26,29-30H,4,6,11,16-18H2,1-3H3/t22-,23-,24+,25-,26+/m0/s1. The number of aliphatic hydroxyl groups excluding tert-OH is 2. The number of carbonyl (C=O) groups is 1. The maximum Gasteiger partial charge on any atom is 0.222 e. The maximum atomic E-state index is 11.6. The lowest BCUT2D eigenvalue weighted by Crippen LogP contribution is -2.20. The van der Waals surface area contributed by atoms with Gasteiger partial charge < -0.3 is 15.1 Å². The highest BCUT2D eigenvalue weighted by Crippen LogP contribution is 2.47. The normalized spacial score (nSPS) is 26.4. The highest BCUT2D eigenvalue weighted by atomic mass is 16.3. The Bertz CT molecular complexity index is 839. The van der Waals surface area contributed by atoms with Gasteiger partial charge in [-0.25, -0.2) is 0 Å². The molecule has 1 amide bonds. The molecule has 2 N–H and O–H groups in total. The van der Waals surface area contributed by atoms with Gasteiger partial charge in [0.05, 0.1) is 12.2 Å². The molecule has 4 heteroatoms. The van der Waals surface area contributed by atoms with Crippen LogP contribution < -0.4 is 0 Å². The molecule has 4 nitrogen and oxygen atoms in total. The third kappa shape index (κ3) is 6.65. The zero-order chi connectivity index (χ0) is 22.4. The van der Waals surface area contributed by atoms with Crippen LogP contribution in [0.3, 0.4) is 0 Å². The summed E-state index contributed by atoms with van der Waals surface area (Å²) in [6.07, 6.45) is 14.4. The van der Waals surface area contributed by atoms with Crippen molar-refractivity contribution >= 4 is 5.91 Å². The number of allylic oxidation sites excluding steroid dienone is 4. The van der Waals surface area contributed by atoms with Gasteiger partial charge >= 0.3 is 0 Å². The number of hydrogen-bond donors (Lipinski definition) is 2. The van der Waals surface area contributed by atoms with Crippen LogP contribution in [-0.2, 0) is 11.2 Å². The monoisotopic (exact) mass is 423 g/mol. The highest BCUT2D eigenvalue weighted by Gasteiger charge is 2.42. The Balaban J connectivity index is 1.48. The Morgan fingerprint density at radius 3 is 2.87 bits per heavy atom. The molecule has 0 aromatic heterocycles. The molecule has 2 aliphatic carbocycles. The fourth-order valence-electron chi connectivity index (χ4n) is 4.91. The number of carbonyl (C=O) groups excluding carboxylic acids is 1. The average molecular weight is 424 g/mol. The van der Waals surface area contributed by atoms with E-state index in [4.69, 9.17) is 0 Å². The third-order valence-electron chi connectivity index (χ3n) is 6.58. The van der Waals surface area contributed by atoms with Crippen LogP contribution in [0.5, 0.6) is 0 Å². The predicted molar refractivity (Wildman–Crippen MR) is 126 cm³/mol. The van der Waals surface area contributed by atoms with E-state index in [1.54, 1.807) is 19.0 Å². The van der Waals surface area contributed by atoms with Crippen molar-refractivity contribution in [1.29, 1.82) is 0 Å². The lowest BCUT2D eigenvalue weighted by molar-refractivity contribution is -0.128. The van der Waals surface area contributed by atoms with Crippen LogP contribution in [-0.4, -0.2) is 47.3 Å². The predicted octanol–water partition coefficient (Wildman–Crippen LogP) is 4.21. The molecule has 1 fully saturated rings. The maximum absolute atomic E-state index is 11.6. The van der Waals surface area contributed by atoms with E-state index in [0.717, 1.165) is 31.2 Å². The first-order chi connectivity index (χ1) is 14.8. The molecule has 0 heterocycles. The molecule has 31 heavy (non-hydrogen) atoms. The first-order valence-corrected chi connectivity index (χ1v) is 11.5. The second-order valence-electron chi connectivity index (χ2n) is 9.38. The van der Waals surface area contributed by atoms with Gasteiger partial charge in [-0.2, -0.15) is 0 Å². The Morgan fingerprint density at radius 1 is 1.32 bits per heavy atom. The van der Waals surface area contributed by atoms with Crippen molar-refractivity contribution in [2.45, 2.75) is 57.7 Å². The van der Waals surface area contributed by atoms with E-state index in [1.807, 2.05) is 24.3 Å². The third-order valence-corrected chi connectivity index (χ3v) is 6.58. The number of nitrogens with zero attached hydrogens (tertiary/aromatic N) is 1. The van der Waals surface area contributed by atoms with E-state index in [-0.39, 0.29) is 17.9 Å². The molecule has 3 rings (SSSR count). The van der Waals surface area contributed by atoms with E-state index in [0.29, 0.717) is 24.7 Å². The molecule has 168 valence electrons. The summed E-state index contributed by atoms with van der Waals surface area (Å²) in [6, 6.07) is 8.23. The zero-order valence-electron chi connectivity index (χ0n) is 19.1. The SMILES string of the molecule is Cc1cccc(C[C@@H](O)C=C[C@@H]2[C@H]3CC(C=CCCCC(=O)N(C)C)=C[C@H]3C[C@H]2O)c1. The number of fused-ring (bicyclic) bond motifs is 1. The van der Waals surface area contributed by atoms with Crippen LogP contribution in [0.4, 0.5) is 0 Å². The molecule has 0 saturated heterocycles. The second-order valence-corrected chi connectivity index (χ2v) is 9.38. The molecular formula is C27H37NO3. The molecular weight excluding hydrogens is 386 g/mol. The van der Waals surface area contributed by atoms with Crippen molar-refractivity contribution in [2.75, 3.05) is 14.1 Å². The largest absolute Gasteiger partial charge is 0.392 e. The van der Waals surface area contributed by atoms with Gasteiger partial charge in [0.15, 0.2) is 0 Å². The first-order valence-electron chi connectivity index (χ1n) is 11.5. The summed E-state index contributed by atoms with van der Waals surface area (Å²) < 4.78 is 0. The van der Waals surface area contributed by atoms with Crippen LogP contribution in [0.25, 0.3) is 0 Å². The Hall–Kier alpha value is -2.17. The van der Waals surface area contributed by atoms with E-state index in [2.05, 4.69) is 37.3 Å². The fraction of sp³-hybridized carbons (Fsp3) is 0.519. The van der Waals surface area contributed by atoms with Crippen molar-refractivity contribution < 1.29 is 15.0 Å². The van der Waals surface area contributed by atoms with Crippen LogP contribution in [0.15, 0.2) is 60.2 Å². The molecule has 1 saturated carbocycles. The number of amides is 1. The molecule has 0 bridgehead atoms. The van der Waals surface area contributed by atoms with Gasteiger partial charge in [-0.05, 0) is 50.0 Å². The van der Waals surface area contributed by atoms with Gasteiger partial charge in [-0.3, -0.25) is 4.79 Å². The number of unbranched alkanes of at least 4 members (excludes halogenated alkanes) is 1. The number of rotatable bonds is 9. The minimum atomic E-state index is -0.536. The lowest BCUT2D eigenvalue weighted by Gasteiger charge is -2.18. The van der Waals surface area contributed by atoms with Gasteiger partial charge in [0.25, 0.3) is 0 Å². The fourth-order valence-corrected chi connectivity index (χ4v) is 4.91. The van der Waals surface area contributed by atoms with E-state index in [9.17, 15) is 15.0 Å². The van der Waals surface area contributed by atoms with E-state index >= 15 is 0 Å². The smallest absolute Gasteiger partial charge is 0.222 e. The summed E-state index contributed by atoms with van der Waals surface area (Å²) >= 11 is 0. The van der Waals surface area contributed by atoms with E-state index < -0.39 is 6.10 Å². The van der Waals surface area contributed by atoms with Crippen LogP contribution >= 0.6 is 0 Å². The molecule has 0 spiro atoms. The number of aliphatic hydroxyl groups is 2. The lowest BCUT2D eigenvalue weighted by atomic mass is 9.89. The van der Waals surface area contributed by atoms with Crippen molar-refractivity contribution in [2.24, 2.45) is 17.8 Å². The second kappa shape index (κ2) is 10.9. The zero-order valence-corrected chi connectivity index (χ0v) is 19.1. The van der Waals surface area contributed by atoms with Crippen molar-refractivity contribution in [3.8, 4) is 0 Å². The topological polar surface area (TPSA) is 60.8 Å². The number of benzene rings is 1. The average Bonchev–Trinajstić information content (AvgIpc) is 3.22. The molecule has 5 atom stereocenters. The van der Waals surface area contributed by atoms with Gasteiger partial charge in [-0.1, -0.05) is 65.8 Å². The van der Waals surface area contributed by atoms with Crippen LogP contribution in [0.1, 0.15) is 43.2 Å². The summed E-state index contributed by atoms with van der Waals surface area (Å²) in [4.78, 5) is 13.3. The Morgan fingerprint density at radius 2 is 2.13 bits per heavy atom. The van der Waals surface area contributed by atoms with Crippen LogP contribution in [0, 0.1) is 24.7 Å². The minimum Gasteiger partial charge on any atom is -0.392 e. The quantitative estimate of drug-likeness (QED) is 0.462.